The van der Waals surface area contributed by atoms with Crippen molar-refractivity contribution in [2.24, 2.45) is 0 Å². The van der Waals surface area contributed by atoms with Gasteiger partial charge >= 0.3 is 0 Å². The molecule has 3 N–H and O–H groups in total. The third kappa shape index (κ3) is 3.64. The molecular formula is C21H20N6O7. The van der Waals surface area contributed by atoms with E-state index in [4.69, 9.17) is 4.74 Å². The van der Waals surface area contributed by atoms with Gasteiger partial charge in [-0.15, -0.1) is 5.10 Å². The van der Waals surface area contributed by atoms with Crippen molar-refractivity contribution in [3.8, 4) is 0 Å². The van der Waals surface area contributed by atoms with Crippen molar-refractivity contribution in [3.05, 3.63) is 41.2 Å². The van der Waals surface area contributed by atoms with Gasteiger partial charge in [-0.3, -0.25) is 34.2 Å². The Labute approximate surface area is 192 Å². The molecule has 3 aliphatic heterocycles. The van der Waals surface area contributed by atoms with Crippen LogP contribution >= 0.6 is 0 Å². The van der Waals surface area contributed by atoms with Gasteiger partial charge in [-0.2, -0.15) is 0 Å². The van der Waals surface area contributed by atoms with E-state index in [1.165, 1.54) is 29.1 Å². The van der Waals surface area contributed by atoms with Crippen LogP contribution in [0, 0.1) is 0 Å². The van der Waals surface area contributed by atoms with Crippen LogP contribution in [0.15, 0.2) is 24.4 Å². The van der Waals surface area contributed by atoms with E-state index in [0.29, 0.717) is 18.7 Å². The second-order valence-electron chi connectivity index (χ2n) is 8.36. The zero-order valence-electron chi connectivity index (χ0n) is 17.8. The Bertz CT molecular complexity index is 1230. The number of aliphatic hydroxyl groups is 1. The summed E-state index contributed by atoms with van der Waals surface area (Å²) in [5.41, 5.74) is -0.819. The lowest BCUT2D eigenvalue weighted by Gasteiger charge is -2.27. The zero-order chi connectivity index (χ0) is 24.0. The van der Waals surface area contributed by atoms with E-state index >= 15 is 0 Å². The molecule has 2 atom stereocenters. The first-order valence-electron chi connectivity index (χ1n) is 10.6. The van der Waals surface area contributed by atoms with Crippen LogP contribution < -0.4 is 10.6 Å². The Kier molecular flexibility index (Phi) is 5.21. The number of carbonyl (C=O) groups is 5. The molecule has 13 nitrogen and oxygen atoms in total. The highest BCUT2D eigenvalue weighted by molar-refractivity contribution is 6.26. The number of anilines is 1. The highest BCUT2D eigenvalue weighted by Crippen LogP contribution is 2.32. The van der Waals surface area contributed by atoms with Gasteiger partial charge in [0.1, 0.15) is 23.9 Å². The van der Waals surface area contributed by atoms with Crippen LogP contribution in [0.4, 0.5) is 5.69 Å². The molecule has 2 unspecified atom stereocenters. The number of nitrogens with one attached hydrogen (secondary N) is 2. The molecule has 2 aromatic rings. The number of imide groups is 2. The molecule has 176 valence electrons. The average Bonchev–Trinajstić information content (AvgIpc) is 3.50. The van der Waals surface area contributed by atoms with Crippen molar-refractivity contribution < 1.29 is 33.8 Å². The lowest BCUT2D eigenvalue weighted by Crippen LogP contribution is -2.54. The third-order valence-electron chi connectivity index (χ3n) is 6.06. The fourth-order valence-electron chi connectivity index (χ4n) is 4.30. The molecule has 5 amide bonds. The first-order valence-corrected chi connectivity index (χ1v) is 10.6. The van der Waals surface area contributed by atoms with Crippen LogP contribution in [0.5, 0.6) is 0 Å². The largest absolute Gasteiger partial charge is 0.381 e. The van der Waals surface area contributed by atoms with Gasteiger partial charge in [-0.1, -0.05) is 11.3 Å². The van der Waals surface area contributed by atoms with Crippen molar-refractivity contribution in [1.82, 2.24) is 25.2 Å². The predicted molar refractivity (Wildman–Crippen MR) is 111 cm³/mol. The molecule has 1 aromatic carbocycles. The van der Waals surface area contributed by atoms with Crippen LogP contribution in [0.1, 0.15) is 45.7 Å². The Hall–Kier alpha value is -3.97. The molecule has 3 aliphatic rings. The molecular weight excluding hydrogens is 448 g/mol. The second-order valence-corrected chi connectivity index (χ2v) is 8.36. The first-order chi connectivity index (χ1) is 16.3. The van der Waals surface area contributed by atoms with E-state index in [0.717, 1.165) is 4.90 Å². The summed E-state index contributed by atoms with van der Waals surface area (Å²) < 4.78 is 6.44. The van der Waals surface area contributed by atoms with Crippen molar-refractivity contribution in [2.45, 2.75) is 37.5 Å². The molecule has 0 bridgehead atoms. The normalized spacial score (nSPS) is 24.4. The van der Waals surface area contributed by atoms with Gasteiger partial charge in [-0.25, -0.2) is 4.68 Å². The quantitative estimate of drug-likeness (QED) is 0.462. The minimum Gasteiger partial charge on any atom is -0.381 e. The fourth-order valence-corrected chi connectivity index (χ4v) is 4.30. The van der Waals surface area contributed by atoms with Gasteiger partial charge in [0, 0.05) is 19.4 Å². The Morgan fingerprint density at radius 1 is 1.26 bits per heavy atom. The summed E-state index contributed by atoms with van der Waals surface area (Å²) in [6.45, 7) is 0.228. The Morgan fingerprint density at radius 3 is 2.82 bits per heavy atom. The molecule has 0 aliphatic carbocycles. The third-order valence-corrected chi connectivity index (χ3v) is 6.06. The van der Waals surface area contributed by atoms with Gasteiger partial charge in [0.25, 0.3) is 11.8 Å². The Morgan fingerprint density at radius 2 is 2.09 bits per heavy atom. The van der Waals surface area contributed by atoms with Gasteiger partial charge < -0.3 is 15.2 Å². The maximum Gasteiger partial charge on any atom is 0.264 e. The number of benzene rings is 1. The number of piperidine rings is 1. The summed E-state index contributed by atoms with van der Waals surface area (Å²) in [6.07, 6.45) is 1.86. The van der Waals surface area contributed by atoms with E-state index in [2.05, 4.69) is 20.9 Å². The molecule has 1 aromatic heterocycles. The van der Waals surface area contributed by atoms with Gasteiger partial charge in [0.05, 0.1) is 29.6 Å². The van der Waals surface area contributed by atoms with Crippen LogP contribution in [0.25, 0.3) is 0 Å². The summed E-state index contributed by atoms with van der Waals surface area (Å²) in [5, 5.41) is 23.0. The van der Waals surface area contributed by atoms with Crippen LogP contribution in [-0.2, 0) is 31.3 Å². The minimum atomic E-state index is -1.25. The number of carbonyl (C=O) groups excluding carboxylic acids is 5. The SMILES string of the molecule is O=C1CCC(N2C(=O)c3cccc(NC(=O)Cn4cc(C5(O)CCOC5)nn4)c3C2=O)C(=O)N1. The zero-order valence-corrected chi connectivity index (χ0v) is 17.8. The molecule has 4 heterocycles. The van der Waals surface area contributed by atoms with E-state index in [1.54, 1.807) is 0 Å². The van der Waals surface area contributed by atoms with Crippen LogP contribution in [0.2, 0.25) is 0 Å². The number of fused-ring (bicyclic) bond motifs is 1. The maximum absolute atomic E-state index is 13.1. The molecule has 0 radical (unpaired) electrons. The van der Waals surface area contributed by atoms with Crippen molar-refractivity contribution in [2.75, 3.05) is 18.5 Å². The van der Waals surface area contributed by atoms with Gasteiger partial charge in [-0.05, 0) is 18.6 Å². The average molecular weight is 468 g/mol. The number of ether oxygens (including phenoxy) is 1. The highest BCUT2D eigenvalue weighted by atomic mass is 16.5. The van der Waals surface area contributed by atoms with Crippen molar-refractivity contribution in [1.29, 1.82) is 0 Å². The van der Waals surface area contributed by atoms with Crippen molar-refractivity contribution in [3.63, 3.8) is 0 Å². The molecule has 5 rings (SSSR count). The lowest BCUT2D eigenvalue weighted by molar-refractivity contribution is -0.136. The first kappa shape index (κ1) is 21.9. The Balaban J connectivity index is 1.33. The van der Waals surface area contributed by atoms with Gasteiger partial charge in [0.2, 0.25) is 17.7 Å². The standard InChI is InChI=1S/C21H20N6O7/c28-15-5-4-13(18(30)23-15)27-19(31)11-2-1-3-12(17(11)20(27)32)22-16(29)9-26-8-14(24-25-26)21(33)6-7-34-10-21/h1-3,8,13,33H,4-7,9-10H2,(H,22,29)(H,23,28,30). The number of nitrogens with zero attached hydrogens (tertiary/aromatic N) is 4. The number of rotatable bonds is 5. The number of aromatic nitrogens is 3. The summed E-state index contributed by atoms with van der Waals surface area (Å²) >= 11 is 0. The monoisotopic (exact) mass is 468 g/mol. The lowest BCUT2D eigenvalue weighted by atomic mass is 10.0. The maximum atomic E-state index is 13.1. The van der Waals surface area contributed by atoms with E-state index < -0.39 is 41.2 Å². The highest BCUT2D eigenvalue weighted by Gasteiger charge is 2.45. The van der Waals surface area contributed by atoms with Gasteiger partial charge in [0.15, 0.2) is 0 Å². The summed E-state index contributed by atoms with van der Waals surface area (Å²) in [7, 11) is 0. The molecule has 0 saturated carbocycles. The van der Waals surface area contributed by atoms with Crippen LogP contribution in [0.3, 0.4) is 0 Å². The number of hydrogen-bond donors (Lipinski definition) is 3. The molecule has 2 fully saturated rings. The fraction of sp³-hybridized carbons (Fsp3) is 0.381. The minimum absolute atomic E-state index is 0.00848. The second kappa shape index (κ2) is 8.11. The summed E-state index contributed by atoms with van der Waals surface area (Å²) in [4.78, 5) is 63.1. The smallest absolute Gasteiger partial charge is 0.264 e. The molecule has 34 heavy (non-hydrogen) atoms. The number of amides is 5. The van der Waals surface area contributed by atoms with Crippen molar-refractivity contribution >= 4 is 35.2 Å². The molecule has 13 heteroatoms. The topological polar surface area (TPSA) is 173 Å². The molecule has 0 spiro atoms. The molecule has 2 saturated heterocycles. The van der Waals surface area contributed by atoms with E-state index in [9.17, 15) is 29.1 Å². The van der Waals surface area contributed by atoms with Crippen LogP contribution in [-0.4, -0.2) is 73.8 Å². The van der Waals surface area contributed by atoms with E-state index in [-0.39, 0.29) is 42.8 Å². The summed E-state index contributed by atoms with van der Waals surface area (Å²) in [5.74, 6) is -3.11. The number of hydrogen-bond acceptors (Lipinski definition) is 9. The summed E-state index contributed by atoms with van der Waals surface area (Å²) in [6, 6.07) is 3.32. The van der Waals surface area contributed by atoms with E-state index in [1.807, 2.05) is 0 Å². The predicted octanol–water partition coefficient (Wildman–Crippen LogP) is -1.07.